The molecule has 7 aliphatic rings. The van der Waals surface area contributed by atoms with Crippen LogP contribution in [0.15, 0.2) is 48.5 Å². The van der Waals surface area contributed by atoms with Crippen molar-refractivity contribution in [2.75, 3.05) is 7.11 Å². The lowest BCUT2D eigenvalue weighted by Crippen LogP contribution is -2.28. The molecule has 2 heteroatoms. The molecule has 2 nitrogen and oxygen atoms in total. The van der Waals surface area contributed by atoms with Crippen LogP contribution in [0.4, 0.5) is 0 Å². The van der Waals surface area contributed by atoms with Gasteiger partial charge in [0, 0.05) is 0 Å². The molecule has 0 saturated heterocycles. The Morgan fingerprint density at radius 1 is 0.338 bits per heavy atom. The van der Waals surface area contributed by atoms with Crippen molar-refractivity contribution in [2.45, 2.75) is 240 Å². The highest BCUT2D eigenvalue weighted by atomic mass is 16.5. The first-order chi connectivity index (χ1) is 31.4. The quantitative estimate of drug-likeness (QED) is 0.270. The summed E-state index contributed by atoms with van der Waals surface area (Å²) in [7, 11) is 1.51. The molecule has 0 radical (unpaired) electrons. The van der Waals surface area contributed by atoms with Crippen LogP contribution in [0.3, 0.4) is 0 Å². The lowest BCUT2D eigenvalue weighted by atomic mass is 9.68. The Kier molecular flexibility index (Phi) is 21.9. The van der Waals surface area contributed by atoms with E-state index in [4.69, 9.17) is 4.74 Å². The second kappa shape index (κ2) is 27.2. The van der Waals surface area contributed by atoms with Gasteiger partial charge in [-0.2, -0.15) is 0 Å². The van der Waals surface area contributed by atoms with Crippen LogP contribution in [-0.4, -0.2) is 13.1 Å². The van der Waals surface area contributed by atoms with Crippen LogP contribution in [0.1, 0.15) is 248 Å². The third-order valence-electron chi connectivity index (χ3n) is 19.4. The number of hydrogen-bond donors (Lipinski definition) is 0. The predicted octanol–water partition coefficient (Wildman–Crippen LogP) is 18.8. The summed E-state index contributed by atoms with van der Waals surface area (Å²) >= 11 is 0. The zero-order chi connectivity index (χ0) is 46.1. The van der Waals surface area contributed by atoms with Gasteiger partial charge in [0.05, 0.1) is 13.0 Å². The summed E-state index contributed by atoms with van der Waals surface area (Å²) in [5.74, 6) is 13.0. The zero-order valence-electron chi connectivity index (χ0n) is 43.8. The number of ether oxygens (including phenoxy) is 1. The molecule has 7 fully saturated rings. The first-order valence-corrected chi connectivity index (χ1v) is 28.6. The van der Waals surface area contributed by atoms with E-state index in [1.54, 1.807) is 36.8 Å². The Balaban J connectivity index is 0.000000145. The van der Waals surface area contributed by atoms with Gasteiger partial charge in [0.2, 0.25) is 0 Å². The molecule has 0 spiro atoms. The van der Waals surface area contributed by atoms with Crippen molar-refractivity contribution in [1.29, 1.82) is 0 Å². The number of methoxy groups -OCH3 is 1. The molecule has 0 bridgehead atoms. The van der Waals surface area contributed by atoms with Crippen molar-refractivity contribution in [3.8, 4) is 0 Å². The summed E-state index contributed by atoms with van der Waals surface area (Å²) in [6.07, 6.45) is 40.0. The van der Waals surface area contributed by atoms with Crippen molar-refractivity contribution in [1.82, 2.24) is 0 Å². The maximum atomic E-state index is 11.5. The van der Waals surface area contributed by atoms with E-state index in [9.17, 15) is 4.79 Å². The number of carbonyl (C=O) groups excluding carboxylic acids is 1. The first kappa shape index (κ1) is 52.3. The highest BCUT2D eigenvalue weighted by Gasteiger charge is 2.34. The Morgan fingerprint density at radius 2 is 0.554 bits per heavy atom. The summed E-state index contributed by atoms with van der Waals surface area (Å²) in [6.45, 7) is 16.4. The standard InChI is InChI=1S/C20H30.C15H26O2.C14H26.C14H20/c1-15-3-7-17(8-4-15)19-11-13-20(14-12-19)18-9-5-16(2)6-10-18;1-11-3-5-12(6-4-11)13-7-9-14(10-8-13)15(16)17-2;2*1-11-3-7-13(8-4-11)14-9-5-12(2)6-10-14/h3-4,7-8,16,18-20H,5-6,9-14H2,1-2H3;11-14H,3-10H2,1-2H3;11-14H,3-10H2,1-2H3;3-4,7-8,12,14H,5-6,9-10H2,1-2H3. The number of carbonyl (C=O) groups is 1. The molecule has 65 heavy (non-hydrogen) atoms. The van der Waals surface area contributed by atoms with Gasteiger partial charge in [-0.3, -0.25) is 4.79 Å². The maximum Gasteiger partial charge on any atom is 0.308 e. The van der Waals surface area contributed by atoms with Gasteiger partial charge in [0.15, 0.2) is 0 Å². The van der Waals surface area contributed by atoms with Crippen molar-refractivity contribution in [2.24, 2.45) is 71.0 Å². The van der Waals surface area contributed by atoms with Crippen LogP contribution >= 0.6 is 0 Å². The van der Waals surface area contributed by atoms with Crippen LogP contribution in [0.5, 0.6) is 0 Å². The van der Waals surface area contributed by atoms with Crippen molar-refractivity contribution in [3.63, 3.8) is 0 Å². The first-order valence-electron chi connectivity index (χ1n) is 28.6. The molecule has 0 heterocycles. The Hall–Kier alpha value is -2.09. The van der Waals surface area contributed by atoms with E-state index >= 15 is 0 Å². The minimum Gasteiger partial charge on any atom is -0.469 e. The molecule has 2 aromatic carbocycles. The van der Waals surface area contributed by atoms with Gasteiger partial charge < -0.3 is 4.74 Å². The number of aryl methyl sites for hydroxylation is 2. The maximum absolute atomic E-state index is 11.5. The van der Waals surface area contributed by atoms with Gasteiger partial charge in [-0.05, 0) is 217 Å². The average Bonchev–Trinajstić information content (AvgIpc) is 3.34. The van der Waals surface area contributed by atoms with Gasteiger partial charge in [0.1, 0.15) is 0 Å². The van der Waals surface area contributed by atoms with Crippen molar-refractivity contribution < 1.29 is 9.53 Å². The molecule has 7 saturated carbocycles. The second-order valence-electron chi connectivity index (χ2n) is 24.6. The molecule has 0 N–H and O–H groups in total. The summed E-state index contributed by atoms with van der Waals surface area (Å²) < 4.78 is 4.85. The highest BCUT2D eigenvalue weighted by Crippen LogP contribution is 2.45. The van der Waals surface area contributed by atoms with Gasteiger partial charge >= 0.3 is 5.97 Å². The second-order valence-corrected chi connectivity index (χ2v) is 24.6. The monoisotopic (exact) mass is 891 g/mol. The topological polar surface area (TPSA) is 26.3 Å². The molecule has 7 aliphatic carbocycles. The number of benzene rings is 2. The van der Waals surface area contributed by atoms with E-state index in [2.05, 4.69) is 97.0 Å². The molecule has 366 valence electrons. The number of rotatable bonds is 6. The molecular formula is C63H102O2. The third kappa shape index (κ3) is 17.1. The van der Waals surface area contributed by atoms with Crippen molar-refractivity contribution >= 4 is 5.97 Å². The van der Waals surface area contributed by atoms with Gasteiger partial charge in [-0.1, -0.05) is 158 Å². The SMILES string of the molecule is CC1CCC(C2CCC(C)CC2)CC1.COC(=O)C1CCC(C2CCC(C)CC2)CC1.Cc1ccc(C2CCC(C)CC2)cc1.Cc1ccc(C2CCC(C3CCC(C)CC3)CC2)cc1. The third-order valence-corrected chi connectivity index (χ3v) is 19.4. The molecule has 0 aliphatic heterocycles. The van der Waals surface area contributed by atoms with Gasteiger partial charge in [0.25, 0.3) is 0 Å². The lowest BCUT2D eigenvalue weighted by Gasteiger charge is -2.37. The van der Waals surface area contributed by atoms with E-state index in [1.807, 2.05) is 0 Å². The van der Waals surface area contributed by atoms with E-state index in [0.29, 0.717) is 0 Å². The summed E-state index contributed by atoms with van der Waals surface area (Å²) in [5, 5.41) is 0. The molecule has 0 aromatic heterocycles. The smallest absolute Gasteiger partial charge is 0.308 e. The summed E-state index contributed by atoms with van der Waals surface area (Å²) in [4.78, 5) is 11.5. The van der Waals surface area contributed by atoms with Crippen molar-refractivity contribution in [3.05, 3.63) is 70.8 Å². The summed E-state index contributed by atoms with van der Waals surface area (Å²) in [6, 6.07) is 18.4. The fourth-order valence-electron chi connectivity index (χ4n) is 14.2. The zero-order valence-corrected chi connectivity index (χ0v) is 43.8. The fraction of sp³-hybridized carbons (Fsp3) is 0.794. The number of esters is 1. The molecule has 2 aromatic rings. The molecule has 0 unspecified atom stereocenters. The molecule has 0 amide bonds. The van der Waals surface area contributed by atoms with Crippen LogP contribution in [0.2, 0.25) is 0 Å². The van der Waals surface area contributed by atoms with E-state index < -0.39 is 0 Å². The largest absolute Gasteiger partial charge is 0.469 e. The van der Waals surface area contributed by atoms with Gasteiger partial charge in [-0.15, -0.1) is 0 Å². The molecule has 0 atom stereocenters. The van der Waals surface area contributed by atoms with Gasteiger partial charge in [-0.25, -0.2) is 0 Å². The fourth-order valence-corrected chi connectivity index (χ4v) is 14.2. The Morgan fingerprint density at radius 3 is 0.815 bits per heavy atom. The number of hydrogen-bond acceptors (Lipinski definition) is 2. The lowest BCUT2D eigenvalue weighted by molar-refractivity contribution is -0.147. The van der Waals surface area contributed by atoms with Crippen LogP contribution in [-0.2, 0) is 9.53 Å². The van der Waals surface area contributed by atoms with E-state index in [0.717, 1.165) is 89.8 Å². The van der Waals surface area contributed by atoms with E-state index in [1.165, 1.54) is 159 Å². The normalized spacial score (nSPS) is 36.5. The Labute approximate surface area is 402 Å². The predicted molar refractivity (Wildman–Crippen MR) is 279 cm³/mol. The summed E-state index contributed by atoms with van der Waals surface area (Å²) in [5.41, 5.74) is 5.91. The van der Waals surface area contributed by atoms with Crippen LogP contribution < -0.4 is 0 Å². The molecule has 9 rings (SSSR count). The average molecular weight is 892 g/mol. The minimum absolute atomic E-state index is 0.0146. The highest BCUT2D eigenvalue weighted by molar-refractivity contribution is 5.72. The van der Waals surface area contributed by atoms with E-state index in [-0.39, 0.29) is 11.9 Å². The molecular weight excluding hydrogens is 789 g/mol. The minimum atomic E-state index is 0.0146. The van der Waals surface area contributed by atoms with Crippen LogP contribution in [0.25, 0.3) is 0 Å². The van der Waals surface area contributed by atoms with Crippen LogP contribution in [0, 0.1) is 84.9 Å². The Bertz CT molecular complexity index is 1530.